The lowest BCUT2D eigenvalue weighted by Crippen LogP contribution is -2.37. The molecule has 33 heavy (non-hydrogen) atoms. The molecule has 0 bridgehead atoms. The molecule has 2 heterocycles. The molecule has 1 aliphatic rings. The molecule has 3 aromatic rings. The number of aromatic nitrogens is 1. The van der Waals surface area contributed by atoms with Crippen molar-refractivity contribution in [3.63, 3.8) is 0 Å². The van der Waals surface area contributed by atoms with Crippen molar-refractivity contribution in [3.8, 4) is 5.75 Å². The first-order valence-electron chi connectivity index (χ1n) is 10.9. The fourth-order valence-corrected chi connectivity index (χ4v) is 4.81. The molecule has 1 saturated heterocycles. The van der Waals surface area contributed by atoms with Crippen LogP contribution in [0.1, 0.15) is 38.6 Å². The molecule has 1 fully saturated rings. The van der Waals surface area contributed by atoms with Gasteiger partial charge >= 0.3 is 0 Å². The van der Waals surface area contributed by atoms with E-state index in [0.717, 1.165) is 22.8 Å². The number of para-hydroxylation sites is 1. The van der Waals surface area contributed by atoms with Gasteiger partial charge in [0.05, 0.1) is 29.7 Å². The minimum absolute atomic E-state index is 0.0153. The van der Waals surface area contributed by atoms with Crippen LogP contribution in [0.5, 0.6) is 5.75 Å². The van der Waals surface area contributed by atoms with Gasteiger partial charge in [-0.05, 0) is 37.6 Å². The number of thioether (sulfide) groups is 1. The van der Waals surface area contributed by atoms with Crippen LogP contribution in [0, 0.1) is 6.92 Å². The second-order valence-corrected chi connectivity index (χ2v) is 8.87. The number of rotatable bonds is 6. The van der Waals surface area contributed by atoms with E-state index in [1.54, 1.807) is 35.9 Å². The third-order valence-electron chi connectivity index (χ3n) is 5.57. The van der Waals surface area contributed by atoms with Gasteiger partial charge in [-0.3, -0.25) is 9.59 Å². The summed E-state index contributed by atoms with van der Waals surface area (Å²) in [5, 5.41) is 3.92. The average molecular weight is 466 g/mol. The molecule has 7 nitrogen and oxygen atoms in total. The quantitative estimate of drug-likeness (QED) is 0.506. The average Bonchev–Trinajstić information content (AvgIpc) is 3.11. The first-order valence-corrected chi connectivity index (χ1v) is 11.9. The molecule has 172 valence electrons. The maximum Gasteiger partial charge on any atom is 0.257 e. The third kappa shape index (κ3) is 5.39. The Morgan fingerprint density at radius 1 is 0.970 bits per heavy atom. The molecule has 0 unspecified atom stereocenters. The van der Waals surface area contributed by atoms with Gasteiger partial charge in [-0.1, -0.05) is 29.4 Å². The number of carbonyl (C=O) groups is 2. The molecule has 8 heteroatoms. The van der Waals surface area contributed by atoms with E-state index < -0.39 is 0 Å². The Kier molecular flexibility index (Phi) is 7.34. The van der Waals surface area contributed by atoms with Gasteiger partial charge in [0.15, 0.2) is 0 Å². The number of amides is 2. The van der Waals surface area contributed by atoms with E-state index in [9.17, 15) is 9.59 Å². The Hall–Kier alpha value is -3.26. The predicted octanol–water partition coefficient (Wildman–Crippen LogP) is 4.27. The molecule has 1 aromatic heterocycles. The third-order valence-corrected chi connectivity index (χ3v) is 6.67. The van der Waals surface area contributed by atoms with E-state index in [-0.39, 0.29) is 11.8 Å². The summed E-state index contributed by atoms with van der Waals surface area (Å²) >= 11 is 1.56. The molecule has 2 amide bonds. The Morgan fingerprint density at radius 2 is 1.61 bits per heavy atom. The summed E-state index contributed by atoms with van der Waals surface area (Å²) in [7, 11) is 1.56. The summed E-state index contributed by atoms with van der Waals surface area (Å²) in [5.41, 5.74) is 2.05. The molecule has 2 aromatic carbocycles. The second-order valence-electron chi connectivity index (χ2n) is 7.86. The van der Waals surface area contributed by atoms with Crippen LogP contribution >= 0.6 is 11.8 Å². The van der Waals surface area contributed by atoms with Gasteiger partial charge in [0.25, 0.3) is 11.8 Å². The van der Waals surface area contributed by atoms with Crippen LogP contribution in [0.3, 0.4) is 0 Å². The van der Waals surface area contributed by atoms with Gasteiger partial charge in [0.1, 0.15) is 11.5 Å². The molecule has 1 aliphatic heterocycles. The molecular formula is C25H27N3O4S. The van der Waals surface area contributed by atoms with Crippen molar-refractivity contribution in [3.05, 3.63) is 77.2 Å². The van der Waals surface area contributed by atoms with Crippen LogP contribution in [-0.2, 0) is 5.75 Å². The van der Waals surface area contributed by atoms with Crippen molar-refractivity contribution in [2.24, 2.45) is 0 Å². The molecule has 0 spiro atoms. The Bertz CT molecular complexity index is 1130. The van der Waals surface area contributed by atoms with Gasteiger partial charge in [-0.2, -0.15) is 0 Å². The molecule has 0 radical (unpaired) electrons. The number of benzene rings is 2. The van der Waals surface area contributed by atoms with E-state index in [4.69, 9.17) is 9.26 Å². The number of aryl methyl sites for hydroxylation is 1. The van der Waals surface area contributed by atoms with E-state index >= 15 is 0 Å². The fourth-order valence-electron chi connectivity index (χ4n) is 3.89. The summed E-state index contributed by atoms with van der Waals surface area (Å²) in [4.78, 5) is 31.0. The Labute approximate surface area is 197 Å². The van der Waals surface area contributed by atoms with Gasteiger partial charge < -0.3 is 19.1 Å². The molecule has 4 rings (SSSR count). The van der Waals surface area contributed by atoms with Gasteiger partial charge in [0.2, 0.25) is 0 Å². The maximum atomic E-state index is 13.4. The van der Waals surface area contributed by atoms with Crippen LogP contribution in [-0.4, -0.2) is 60.1 Å². The largest absolute Gasteiger partial charge is 0.496 e. The zero-order valence-electron chi connectivity index (χ0n) is 18.8. The number of carbonyl (C=O) groups excluding carboxylic acids is 2. The number of nitrogens with zero attached hydrogens (tertiary/aromatic N) is 3. The Balaban J connectivity index is 1.43. The highest BCUT2D eigenvalue weighted by Crippen LogP contribution is 2.28. The van der Waals surface area contributed by atoms with Gasteiger partial charge in [-0.25, -0.2) is 0 Å². The molecule has 0 atom stereocenters. The summed E-state index contributed by atoms with van der Waals surface area (Å²) < 4.78 is 10.6. The predicted molar refractivity (Wildman–Crippen MR) is 127 cm³/mol. The normalized spacial score (nSPS) is 14.1. The first-order chi connectivity index (χ1) is 16.1. The minimum atomic E-state index is -0.0694. The van der Waals surface area contributed by atoms with Crippen LogP contribution in [0.15, 0.2) is 64.0 Å². The van der Waals surface area contributed by atoms with Crippen molar-refractivity contribution in [2.75, 3.05) is 33.3 Å². The summed E-state index contributed by atoms with van der Waals surface area (Å²) in [6, 6.07) is 16.8. The molecular weight excluding hydrogens is 438 g/mol. The van der Waals surface area contributed by atoms with Gasteiger partial charge in [0, 0.05) is 37.1 Å². The highest BCUT2D eigenvalue weighted by Gasteiger charge is 2.26. The second kappa shape index (κ2) is 10.6. The minimum Gasteiger partial charge on any atom is -0.496 e. The van der Waals surface area contributed by atoms with Crippen LogP contribution in [0.4, 0.5) is 0 Å². The number of hydrogen-bond acceptors (Lipinski definition) is 6. The standard InChI is InChI=1S/C25H27N3O4S/c1-18-16-19(32-26-18)17-33-23-11-6-4-9-21(23)25(30)28-13-7-12-27(14-15-28)24(29)20-8-3-5-10-22(20)31-2/h3-6,8-11,16H,7,12-15,17H2,1-2H3. The van der Waals surface area contributed by atoms with Crippen LogP contribution in [0.25, 0.3) is 0 Å². The lowest BCUT2D eigenvalue weighted by molar-refractivity contribution is 0.0715. The Morgan fingerprint density at radius 3 is 2.27 bits per heavy atom. The monoisotopic (exact) mass is 465 g/mol. The number of hydrogen-bond donors (Lipinski definition) is 0. The maximum absolute atomic E-state index is 13.4. The van der Waals surface area contributed by atoms with Crippen molar-refractivity contribution in [2.45, 2.75) is 24.0 Å². The SMILES string of the molecule is COc1ccccc1C(=O)N1CCCN(C(=O)c2ccccc2SCc2cc(C)no2)CC1. The number of ether oxygens (including phenoxy) is 1. The summed E-state index contributed by atoms with van der Waals surface area (Å²) in [6.45, 7) is 4.06. The fraction of sp³-hybridized carbons (Fsp3) is 0.320. The zero-order chi connectivity index (χ0) is 23.2. The summed E-state index contributed by atoms with van der Waals surface area (Å²) in [5.74, 6) is 1.86. The van der Waals surface area contributed by atoms with E-state index in [1.165, 1.54) is 0 Å². The van der Waals surface area contributed by atoms with Crippen molar-refractivity contribution in [1.29, 1.82) is 0 Å². The van der Waals surface area contributed by atoms with Gasteiger partial charge in [-0.15, -0.1) is 11.8 Å². The topological polar surface area (TPSA) is 75.9 Å². The van der Waals surface area contributed by atoms with E-state index in [2.05, 4.69) is 5.16 Å². The summed E-state index contributed by atoms with van der Waals surface area (Å²) in [6.07, 6.45) is 0.722. The lowest BCUT2D eigenvalue weighted by Gasteiger charge is -2.23. The van der Waals surface area contributed by atoms with E-state index in [1.807, 2.05) is 54.3 Å². The van der Waals surface area contributed by atoms with Crippen molar-refractivity contribution < 1.29 is 18.8 Å². The molecule has 0 aliphatic carbocycles. The van der Waals surface area contributed by atoms with Crippen molar-refractivity contribution >= 4 is 23.6 Å². The van der Waals surface area contributed by atoms with E-state index in [0.29, 0.717) is 48.8 Å². The molecule has 0 saturated carbocycles. The van der Waals surface area contributed by atoms with Crippen LogP contribution < -0.4 is 4.74 Å². The first kappa shape index (κ1) is 22.9. The molecule has 0 N–H and O–H groups in total. The smallest absolute Gasteiger partial charge is 0.257 e. The highest BCUT2D eigenvalue weighted by atomic mass is 32.2. The lowest BCUT2D eigenvalue weighted by atomic mass is 10.1. The van der Waals surface area contributed by atoms with Crippen LogP contribution in [0.2, 0.25) is 0 Å². The van der Waals surface area contributed by atoms with Crippen molar-refractivity contribution in [1.82, 2.24) is 15.0 Å². The number of methoxy groups -OCH3 is 1. The zero-order valence-corrected chi connectivity index (χ0v) is 19.6. The highest BCUT2D eigenvalue weighted by molar-refractivity contribution is 7.98.